The molecule has 2 aliphatic carbocycles. The highest BCUT2D eigenvalue weighted by molar-refractivity contribution is 5.93. The fourth-order valence-electron chi connectivity index (χ4n) is 8.21. The minimum absolute atomic E-state index is 0.0820. The van der Waals surface area contributed by atoms with Gasteiger partial charge in [-0.15, -0.1) is 0 Å². The second-order valence-electron chi connectivity index (χ2n) is 13.9. The summed E-state index contributed by atoms with van der Waals surface area (Å²) in [7, 11) is 0. The molecule has 0 saturated carbocycles. The maximum absolute atomic E-state index is 2.50. The summed E-state index contributed by atoms with van der Waals surface area (Å²) in [5.74, 6) is 0. The van der Waals surface area contributed by atoms with E-state index in [0.717, 1.165) is 0 Å². The van der Waals surface area contributed by atoms with Gasteiger partial charge in [0.15, 0.2) is 0 Å². The van der Waals surface area contributed by atoms with E-state index in [1.807, 2.05) is 0 Å². The molecule has 0 N–H and O–H groups in total. The van der Waals surface area contributed by atoms with Crippen molar-refractivity contribution in [3.05, 3.63) is 161 Å². The molecule has 8 rings (SSSR count). The molecule has 45 heavy (non-hydrogen) atoms. The van der Waals surface area contributed by atoms with E-state index in [1.165, 1.54) is 83.8 Å². The van der Waals surface area contributed by atoms with Crippen molar-refractivity contribution in [2.24, 2.45) is 0 Å². The third-order valence-corrected chi connectivity index (χ3v) is 10.5. The van der Waals surface area contributed by atoms with Crippen LogP contribution < -0.4 is 4.90 Å². The molecule has 2 aliphatic rings. The average Bonchev–Trinajstić information content (AvgIpc) is 3.41. The zero-order valence-electron chi connectivity index (χ0n) is 27.1. The van der Waals surface area contributed by atoms with Crippen LogP contribution in [0, 0.1) is 13.8 Å². The molecule has 6 aromatic rings. The van der Waals surface area contributed by atoms with Crippen molar-refractivity contribution in [2.75, 3.05) is 4.90 Å². The molecule has 0 amide bonds. The SMILES string of the molecule is Cc1cccc(C)c1-c1ccccc1N(c1ccc2c(c1)C(C)(C)c1ccccc1-2)c1ccc2c(c1)C(C)(C)c1ccccc1-2. The molecule has 6 aromatic carbocycles. The number of nitrogens with zero attached hydrogens (tertiary/aromatic N) is 1. The lowest BCUT2D eigenvalue weighted by Crippen LogP contribution is -2.18. The summed E-state index contributed by atoms with van der Waals surface area (Å²) in [6, 6.07) is 47.6. The molecule has 0 bridgehead atoms. The molecule has 1 nitrogen and oxygen atoms in total. The van der Waals surface area contributed by atoms with Crippen LogP contribution in [-0.4, -0.2) is 0 Å². The first-order valence-electron chi connectivity index (χ1n) is 16.1. The fraction of sp³-hybridized carbons (Fsp3) is 0.182. The van der Waals surface area contributed by atoms with Crippen molar-refractivity contribution in [2.45, 2.75) is 52.4 Å². The Morgan fingerprint density at radius 1 is 0.400 bits per heavy atom. The number of aryl methyl sites for hydroxylation is 2. The Bertz CT molecular complexity index is 2020. The smallest absolute Gasteiger partial charge is 0.0540 e. The van der Waals surface area contributed by atoms with Gasteiger partial charge in [0.05, 0.1) is 5.69 Å². The molecule has 0 saturated heterocycles. The Hall–Kier alpha value is -4.88. The van der Waals surface area contributed by atoms with Crippen LogP contribution in [0.3, 0.4) is 0 Å². The number of para-hydroxylation sites is 1. The zero-order chi connectivity index (χ0) is 31.1. The molecule has 0 heterocycles. The standard InChI is InChI=1S/C44H39N/c1-28-14-13-15-29(2)42(28)36-18-9-12-21-41(36)45(30-22-24-34-32-16-7-10-19-37(32)43(3,4)39(34)26-30)31-23-25-35-33-17-8-11-20-38(33)44(5,6)40(35)27-31/h7-27H,1-6H3. The second-order valence-corrected chi connectivity index (χ2v) is 13.9. The van der Waals surface area contributed by atoms with E-state index >= 15 is 0 Å². The van der Waals surface area contributed by atoms with Crippen LogP contribution in [0.4, 0.5) is 17.1 Å². The van der Waals surface area contributed by atoms with Gasteiger partial charge in [0.1, 0.15) is 0 Å². The van der Waals surface area contributed by atoms with Gasteiger partial charge in [0.2, 0.25) is 0 Å². The van der Waals surface area contributed by atoms with Gasteiger partial charge in [-0.2, -0.15) is 0 Å². The van der Waals surface area contributed by atoms with Crippen LogP contribution >= 0.6 is 0 Å². The van der Waals surface area contributed by atoms with Crippen LogP contribution in [0.15, 0.2) is 127 Å². The summed E-state index contributed by atoms with van der Waals surface area (Å²) in [4.78, 5) is 2.50. The fourth-order valence-corrected chi connectivity index (χ4v) is 8.21. The van der Waals surface area contributed by atoms with E-state index in [2.05, 4.69) is 174 Å². The summed E-state index contributed by atoms with van der Waals surface area (Å²) in [5, 5.41) is 0. The summed E-state index contributed by atoms with van der Waals surface area (Å²) in [6.45, 7) is 13.9. The Balaban J connectivity index is 1.38. The molecule has 0 aliphatic heterocycles. The van der Waals surface area contributed by atoms with Crippen molar-refractivity contribution in [1.82, 2.24) is 0 Å². The molecule has 1 heteroatoms. The second kappa shape index (κ2) is 9.81. The number of anilines is 3. The number of fused-ring (bicyclic) bond motifs is 6. The third-order valence-electron chi connectivity index (χ3n) is 10.5. The Kier molecular flexibility index (Phi) is 6.03. The van der Waals surface area contributed by atoms with Gasteiger partial charge in [0.25, 0.3) is 0 Å². The summed E-state index contributed by atoms with van der Waals surface area (Å²) in [5.41, 5.74) is 19.5. The molecule has 0 atom stereocenters. The van der Waals surface area contributed by atoms with Crippen molar-refractivity contribution >= 4 is 17.1 Å². The van der Waals surface area contributed by atoms with Crippen LogP contribution in [0.5, 0.6) is 0 Å². The zero-order valence-corrected chi connectivity index (χ0v) is 27.1. The van der Waals surface area contributed by atoms with E-state index in [4.69, 9.17) is 0 Å². The van der Waals surface area contributed by atoms with Crippen molar-refractivity contribution in [3.8, 4) is 33.4 Å². The quantitative estimate of drug-likeness (QED) is 0.200. The van der Waals surface area contributed by atoms with Crippen molar-refractivity contribution in [3.63, 3.8) is 0 Å². The lowest BCUT2D eigenvalue weighted by atomic mass is 9.82. The Morgan fingerprint density at radius 3 is 1.33 bits per heavy atom. The minimum atomic E-state index is -0.0820. The van der Waals surface area contributed by atoms with Crippen molar-refractivity contribution in [1.29, 1.82) is 0 Å². The first-order chi connectivity index (χ1) is 21.7. The highest BCUT2D eigenvalue weighted by atomic mass is 15.1. The topological polar surface area (TPSA) is 3.24 Å². The van der Waals surface area contributed by atoms with E-state index in [9.17, 15) is 0 Å². The van der Waals surface area contributed by atoms with Crippen LogP contribution in [-0.2, 0) is 10.8 Å². The normalized spacial score (nSPS) is 14.8. The molecule has 0 unspecified atom stereocenters. The van der Waals surface area contributed by atoms with E-state index < -0.39 is 0 Å². The third kappa shape index (κ3) is 4.00. The van der Waals surface area contributed by atoms with Gasteiger partial charge in [-0.05, 0) is 105 Å². The Labute approximate surface area is 267 Å². The van der Waals surface area contributed by atoms with Gasteiger partial charge < -0.3 is 4.90 Å². The Morgan fingerprint density at radius 2 is 0.822 bits per heavy atom. The molecule has 0 aromatic heterocycles. The maximum atomic E-state index is 2.50. The summed E-state index contributed by atoms with van der Waals surface area (Å²) >= 11 is 0. The van der Waals surface area contributed by atoms with Crippen LogP contribution in [0.25, 0.3) is 33.4 Å². The first-order valence-corrected chi connectivity index (χ1v) is 16.1. The van der Waals surface area contributed by atoms with Gasteiger partial charge in [0, 0.05) is 27.8 Å². The highest BCUT2D eigenvalue weighted by Crippen LogP contribution is 2.53. The average molecular weight is 582 g/mol. The number of benzene rings is 6. The van der Waals surface area contributed by atoms with Gasteiger partial charge >= 0.3 is 0 Å². The summed E-state index contributed by atoms with van der Waals surface area (Å²) in [6.07, 6.45) is 0. The minimum Gasteiger partial charge on any atom is -0.310 e. The monoisotopic (exact) mass is 581 g/mol. The van der Waals surface area contributed by atoms with Crippen LogP contribution in [0.1, 0.15) is 61.1 Å². The predicted octanol–water partition coefficient (Wildman–Crippen LogP) is 12.1. The lowest BCUT2D eigenvalue weighted by Gasteiger charge is -2.31. The van der Waals surface area contributed by atoms with E-state index in [0.29, 0.717) is 0 Å². The molecule has 220 valence electrons. The largest absolute Gasteiger partial charge is 0.310 e. The van der Waals surface area contributed by atoms with E-state index in [-0.39, 0.29) is 10.8 Å². The predicted molar refractivity (Wildman–Crippen MR) is 191 cm³/mol. The van der Waals surface area contributed by atoms with Crippen molar-refractivity contribution < 1.29 is 0 Å². The van der Waals surface area contributed by atoms with Gasteiger partial charge in [-0.3, -0.25) is 0 Å². The first kappa shape index (κ1) is 27.7. The van der Waals surface area contributed by atoms with Gasteiger partial charge in [-0.1, -0.05) is 125 Å². The summed E-state index contributed by atoms with van der Waals surface area (Å²) < 4.78 is 0. The van der Waals surface area contributed by atoms with E-state index in [1.54, 1.807) is 0 Å². The van der Waals surface area contributed by atoms with Crippen LogP contribution in [0.2, 0.25) is 0 Å². The molecular weight excluding hydrogens is 542 g/mol. The lowest BCUT2D eigenvalue weighted by molar-refractivity contribution is 0.660. The number of hydrogen-bond donors (Lipinski definition) is 0. The molecule has 0 spiro atoms. The van der Waals surface area contributed by atoms with Gasteiger partial charge in [-0.25, -0.2) is 0 Å². The number of hydrogen-bond acceptors (Lipinski definition) is 1. The molecular formula is C44H39N. The highest BCUT2D eigenvalue weighted by Gasteiger charge is 2.37. The molecule has 0 fully saturated rings. The number of rotatable bonds is 4. The molecule has 0 radical (unpaired) electrons. The maximum Gasteiger partial charge on any atom is 0.0540 e.